The Balaban J connectivity index is 0.000000221. The quantitative estimate of drug-likeness (QED) is 0.787. The van der Waals surface area contributed by atoms with Gasteiger partial charge >= 0.3 is 5.97 Å². The lowest BCUT2D eigenvalue weighted by atomic mass is 10.2. The molecule has 2 rings (SSSR count). The highest BCUT2D eigenvalue weighted by Gasteiger charge is 2.00. The van der Waals surface area contributed by atoms with Crippen LogP contribution in [0.4, 0.5) is 0 Å². The summed E-state index contributed by atoms with van der Waals surface area (Å²) in [6.07, 6.45) is 3.61. The van der Waals surface area contributed by atoms with E-state index in [1.54, 1.807) is 0 Å². The molecule has 1 N–H and O–H groups in total. The van der Waals surface area contributed by atoms with Crippen molar-refractivity contribution in [3.8, 4) is 0 Å². The summed E-state index contributed by atoms with van der Waals surface area (Å²) in [6, 6.07) is 8.23. The maximum atomic E-state index is 9.25. The van der Waals surface area contributed by atoms with Crippen LogP contribution in [0.1, 0.15) is 12.7 Å². The second kappa shape index (κ2) is 5.75. The van der Waals surface area contributed by atoms with Crippen LogP contribution < -0.4 is 0 Å². The van der Waals surface area contributed by atoms with E-state index in [-0.39, 0.29) is 0 Å². The Morgan fingerprint density at radius 2 is 2.12 bits per heavy atom. The van der Waals surface area contributed by atoms with Gasteiger partial charge in [-0.15, -0.1) is 0 Å². The highest BCUT2D eigenvalue weighted by molar-refractivity contribution is 5.83. The number of benzene rings is 1. The highest BCUT2D eigenvalue weighted by atomic mass is 16.4. The van der Waals surface area contributed by atoms with Crippen LogP contribution in [0.25, 0.3) is 10.8 Å². The predicted molar refractivity (Wildman–Crippen MR) is 63.4 cm³/mol. The summed E-state index contributed by atoms with van der Waals surface area (Å²) in [5.74, 6) is 0.102. The van der Waals surface area contributed by atoms with E-state index in [0.29, 0.717) is 0 Å². The molecule has 1 heterocycles. The Labute approximate surface area is 94.0 Å². The number of hydrogen-bond acceptors (Lipinski definition) is 2. The van der Waals surface area contributed by atoms with Crippen molar-refractivity contribution in [3.05, 3.63) is 48.9 Å². The van der Waals surface area contributed by atoms with Crippen molar-refractivity contribution in [3.63, 3.8) is 0 Å². The van der Waals surface area contributed by atoms with Crippen molar-refractivity contribution in [2.24, 2.45) is 0 Å². The fourth-order valence-corrected chi connectivity index (χ4v) is 1.33. The lowest BCUT2D eigenvalue weighted by molar-refractivity contribution is -0.131. The first-order valence-electron chi connectivity index (χ1n) is 4.99. The SMILES string of the molecule is C=CC(=O)O.CCc1occ2ccccc12. The Morgan fingerprint density at radius 1 is 1.50 bits per heavy atom. The number of carboxylic acids is 1. The third kappa shape index (κ3) is 2.98. The van der Waals surface area contributed by atoms with Crippen LogP contribution in [0.5, 0.6) is 0 Å². The molecule has 0 fully saturated rings. The van der Waals surface area contributed by atoms with Crippen molar-refractivity contribution in [1.29, 1.82) is 0 Å². The average molecular weight is 218 g/mol. The number of rotatable bonds is 2. The summed E-state index contributed by atoms with van der Waals surface area (Å²) in [7, 11) is 0. The van der Waals surface area contributed by atoms with Gasteiger partial charge in [-0.05, 0) is 0 Å². The molecule has 3 heteroatoms. The average Bonchev–Trinajstić information content (AvgIpc) is 2.72. The number of hydrogen-bond donors (Lipinski definition) is 1. The van der Waals surface area contributed by atoms with Gasteiger partial charge in [0.1, 0.15) is 5.76 Å². The Hall–Kier alpha value is -2.03. The van der Waals surface area contributed by atoms with Crippen molar-refractivity contribution in [1.82, 2.24) is 0 Å². The van der Waals surface area contributed by atoms with E-state index in [9.17, 15) is 4.79 Å². The molecule has 16 heavy (non-hydrogen) atoms. The van der Waals surface area contributed by atoms with E-state index in [0.717, 1.165) is 18.3 Å². The molecule has 0 amide bonds. The first-order valence-corrected chi connectivity index (χ1v) is 4.99. The molecule has 84 valence electrons. The van der Waals surface area contributed by atoms with E-state index >= 15 is 0 Å². The Kier molecular flexibility index (Phi) is 4.33. The molecule has 2 aromatic rings. The topological polar surface area (TPSA) is 50.4 Å². The van der Waals surface area contributed by atoms with Gasteiger partial charge in [-0.25, -0.2) is 4.79 Å². The van der Waals surface area contributed by atoms with E-state index in [4.69, 9.17) is 9.52 Å². The fraction of sp³-hybridized carbons (Fsp3) is 0.154. The van der Waals surface area contributed by atoms with Crippen LogP contribution in [0.15, 0.2) is 47.6 Å². The Morgan fingerprint density at radius 3 is 2.69 bits per heavy atom. The third-order valence-corrected chi connectivity index (χ3v) is 2.09. The molecule has 0 unspecified atom stereocenters. The van der Waals surface area contributed by atoms with E-state index in [1.165, 1.54) is 10.8 Å². The second-order valence-corrected chi connectivity index (χ2v) is 3.14. The van der Waals surface area contributed by atoms with Gasteiger partial charge in [0, 0.05) is 23.3 Å². The zero-order valence-electron chi connectivity index (χ0n) is 9.14. The molecular formula is C13H14O3. The van der Waals surface area contributed by atoms with E-state index in [2.05, 4.69) is 25.6 Å². The van der Waals surface area contributed by atoms with Gasteiger partial charge in [0.25, 0.3) is 0 Å². The van der Waals surface area contributed by atoms with Gasteiger partial charge in [0.15, 0.2) is 0 Å². The van der Waals surface area contributed by atoms with Crippen LogP contribution in [-0.4, -0.2) is 11.1 Å². The predicted octanol–water partition coefficient (Wildman–Crippen LogP) is 3.25. The van der Waals surface area contributed by atoms with Crippen molar-refractivity contribution >= 4 is 16.7 Å². The van der Waals surface area contributed by atoms with Gasteiger partial charge in [0.2, 0.25) is 0 Å². The van der Waals surface area contributed by atoms with Crippen LogP contribution in [0, 0.1) is 0 Å². The van der Waals surface area contributed by atoms with Crippen LogP contribution in [0.3, 0.4) is 0 Å². The van der Waals surface area contributed by atoms with Gasteiger partial charge in [0.05, 0.1) is 6.26 Å². The number of aryl methyl sites for hydroxylation is 1. The van der Waals surface area contributed by atoms with Crippen molar-refractivity contribution in [2.75, 3.05) is 0 Å². The minimum absolute atomic E-state index is 0.833. The molecule has 1 aromatic heterocycles. The summed E-state index contributed by atoms with van der Waals surface area (Å²) >= 11 is 0. The van der Waals surface area contributed by atoms with Crippen molar-refractivity contribution in [2.45, 2.75) is 13.3 Å². The third-order valence-electron chi connectivity index (χ3n) is 2.09. The molecule has 0 aliphatic rings. The molecule has 0 aliphatic carbocycles. The van der Waals surface area contributed by atoms with Crippen LogP contribution in [-0.2, 0) is 11.2 Å². The van der Waals surface area contributed by atoms with E-state index in [1.807, 2.05) is 18.4 Å². The summed E-state index contributed by atoms with van der Waals surface area (Å²) < 4.78 is 5.36. The maximum absolute atomic E-state index is 9.25. The van der Waals surface area contributed by atoms with Crippen LogP contribution in [0.2, 0.25) is 0 Å². The number of carboxylic acid groups (broad SMARTS) is 1. The summed E-state index contributed by atoms with van der Waals surface area (Å²) in [5.41, 5.74) is 0. The fourth-order valence-electron chi connectivity index (χ4n) is 1.33. The first-order chi connectivity index (χ1) is 7.69. The summed E-state index contributed by atoms with van der Waals surface area (Å²) in [4.78, 5) is 9.25. The summed E-state index contributed by atoms with van der Waals surface area (Å²) in [5, 5.41) is 10.0. The molecular weight excluding hydrogens is 204 g/mol. The second-order valence-electron chi connectivity index (χ2n) is 3.14. The standard InChI is InChI=1S/C10H10O.C3H4O2/c1-2-10-9-6-4-3-5-8(9)7-11-10;1-2-3(4)5/h3-7H,2H2,1H3;2H,1H2,(H,4,5). The number of fused-ring (bicyclic) bond motifs is 1. The molecule has 0 saturated carbocycles. The zero-order valence-corrected chi connectivity index (χ0v) is 9.14. The smallest absolute Gasteiger partial charge is 0.327 e. The van der Waals surface area contributed by atoms with Gasteiger partial charge in [-0.3, -0.25) is 0 Å². The molecule has 1 aromatic carbocycles. The molecule has 0 aliphatic heterocycles. The molecule has 0 atom stereocenters. The van der Waals surface area contributed by atoms with Crippen LogP contribution >= 0.6 is 0 Å². The monoisotopic (exact) mass is 218 g/mol. The highest BCUT2D eigenvalue weighted by Crippen LogP contribution is 2.20. The molecule has 0 spiro atoms. The lowest BCUT2D eigenvalue weighted by Crippen LogP contribution is -1.82. The van der Waals surface area contributed by atoms with Gasteiger partial charge < -0.3 is 9.52 Å². The minimum Gasteiger partial charge on any atom is -0.478 e. The maximum Gasteiger partial charge on any atom is 0.327 e. The largest absolute Gasteiger partial charge is 0.478 e. The van der Waals surface area contributed by atoms with Gasteiger partial charge in [-0.1, -0.05) is 37.8 Å². The number of carbonyl (C=O) groups is 1. The van der Waals surface area contributed by atoms with E-state index < -0.39 is 5.97 Å². The lowest BCUT2D eigenvalue weighted by Gasteiger charge is -1.88. The first kappa shape index (κ1) is 12.0. The summed E-state index contributed by atoms with van der Waals surface area (Å²) in [6.45, 7) is 5.06. The minimum atomic E-state index is -0.981. The Bertz CT molecular complexity index is 483. The number of aliphatic carboxylic acids is 1. The van der Waals surface area contributed by atoms with Gasteiger partial charge in [-0.2, -0.15) is 0 Å². The normalized spacial score (nSPS) is 9.31. The molecule has 0 saturated heterocycles. The zero-order chi connectivity index (χ0) is 12.0. The van der Waals surface area contributed by atoms with Crippen molar-refractivity contribution < 1.29 is 14.3 Å². The molecule has 0 radical (unpaired) electrons. The number of furan rings is 1. The molecule has 3 nitrogen and oxygen atoms in total. The molecule has 0 bridgehead atoms.